The number of nitrogens with zero attached hydrogens (tertiary/aromatic N) is 3. The van der Waals surface area contributed by atoms with Crippen LogP contribution in [0.5, 0.6) is 0 Å². The van der Waals surface area contributed by atoms with Crippen LogP contribution in [0.25, 0.3) is 17.3 Å². The Morgan fingerprint density at radius 1 is 0.943 bits per heavy atom. The fourth-order valence-electron chi connectivity index (χ4n) is 3.19. The normalized spacial score (nSPS) is 12.2. The molecule has 5 nitrogen and oxygen atoms in total. The minimum absolute atomic E-state index is 0.138. The Hall–Kier alpha value is -3.98. The number of hydrogen-bond acceptors (Lipinski definition) is 3. The van der Waals surface area contributed by atoms with Crippen LogP contribution in [0.15, 0.2) is 101 Å². The number of halogens is 4. The van der Waals surface area contributed by atoms with Crippen molar-refractivity contribution in [2.75, 3.05) is 0 Å². The summed E-state index contributed by atoms with van der Waals surface area (Å²) in [6.07, 6.45) is 1.84. The molecule has 0 aliphatic heterocycles. The molecule has 1 aromatic heterocycles. The highest BCUT2D eigenvalue weighted by Crippen LogP contribution is 2.30. The Kier molecular flexibility index (Phi) is 7.26. The van der Waals surface area contributed by atoms with Gasteiger partial charge in [-0.3, -0.25) is 4.79 Å². The van der Waals surface area contributed by atoms with Crippen LogP contribution < -0.4 is 5.43 Å². The Morgan fingerprint density at radius 2 is 1.63 bits per heavy atom. The quantitative estimate of drug-likeness (QED) is 0.177. The molecule has 0 fully saturated rings. The molecule has 0 spiro atoms. The lowest BCUT2D eigenvalue weighted by molar-refractivity contribution is -0.137. The first-order chi connectivity index (χ1) is 16.8. The zero-order valence-electron chi connectivity index (χ0n) is 18.1. The monoisotopic (exact) mass is 538 g/mol. The van der Waals surface area contributed by atoms with E-state index in [1.54, 1.807) is 23.2 Å². The molecule has 9 heteroatoms. The number of nitrogens with one attached hydrogen (secondary N) is 1. The smallest absolute Gasteiger partial charge is 0.267 e. The van der Waals surface area contributed by atoms with E-state index < -0.39 is 17.6 Å². The average Bonchev–Trinajstić information content (AvgIpc) is 3.33. The van der Waals surface area contributed by atoms with E-state index in [2.05, 4.69) is 31.6 Å². The van der Waals surface area contributed by atoms with Crippen LogP contribution in [0.4, 0.5) is 13.2 Å². The van der Waals surface area contributed by atoms with Crippen molar-refractivity contribution in [3.8, 4) is 5.69 Å². The number of alkyl halides is 3. The van der Waals surface area contributed by atoms with Crippen LogP contribution in [0.3, 0.4) is 0 Å². The summed E-state index contributed by atoms with van der Waals surface area (Å²) in [7, 11) is 0. The van der Waals surface area contributed by atoms with Crippen LogP contribution in [0.2, 0.25) is 0 Å². The lowest BCUT2D eigenvalue weighted by Crippen LogP contribution is -2.19. The van der Waals surface area contributed by atoms with Gasteiger partial charge in [0.15, 0.2) is 0 Å². The number of carbonyl (C=O) groups is 1. The van der Waals surface area contributed by atoms with E-state index >= 15 is 0 Å². The molecule has 0 radical (unpaired) electrons. The van der Waals surface area contributed by atoms with E-state index in [0.717, 1.165) is 27.9 Å². The first-order valence-corrected chi connectivity index (χ1v) is 11.2. The highest BCUT2D eigenvalue weighted by Gasteiger charge is 2.30. The largest absolute Gasteiger partial charge is 0.416 e. The minimum Gasteiger partial charge on any atom is -0.267 e. The second kappa shape index (κ2) is 10.5. The van der Waals surface area contributed by atoms with Crippen molar-refractivity contribution in [1.29, 1.82) is 0 Å². The van der Waals surface area contributed by atoms with E-state index in [1.165, 1.54) is 18.3 Å². The Morgan fingerprint density at radius 3 is 2.29 bits per heavy atom. The molecular weight excluding hydrogens is 521 g/mol. The summed E-state index contributed by atoms with van der Waals surface area (Å²) in [6.45, 7) is 0. The molecule has 0 atom stereocenters. The maximum atomic E-state index is 13.0. The van der Waals surface area contributed by atoms with E-state index in [1.807, 2.05) is 54.6 Å². The lowest BCUT2D eigenvalue weighted by atomic mass is 10.0. The summed E-state index contributed by atoms with van der Waals surface area (Å²) >= 11 is 3.35. The Bertz CT molecular complexity index is 1360. The zero-order valence-corrected chi connectivity index (χ0v) is 19.7. The maximum Gasteiger partial charge on any atom is 0.416 e. The first-order valence-electron chi connectivity index (χ1n) is 10.4. The fraction of sp³-hybridized carbons (Fsp3) is 0.0385. The van der Waals surface area contributed by atoms with Crippen molar-refractivity contribution in [3.63, 3.8) is 0 Å². The molecule has 4 aromatic rings. The number of para-hydroxylation sites is 1. The van der Waals surface area contributed by atoms with Gasteiger partial charge in [-0.15, -0.1) is 0 Å². The summed E-state index contributed by atoms with van der Waals surface area (Å²) in [5.74, 6) is -0.578. The van der Waals surface area contributed by atoms with Crippen molar-refractivity contribution in [2.24, 2.45) is 5.10 Å². The van der Waals surface area contributed by atoms with E-state index in [0.29, 0.717) is 11.1 Å². The molecule has 0 saturated heterocycles. The standard InChI is InChI=1S/C26H18BrF3N4O/c27-22-12-6-18(7-13-22)15-31-33-25(35)24(20-8-10-21(11-9-20)26(28,29)30)14-19-16-32-34(17-19)23-4-2-1-3-5-23/h1-17H,(H,33,35)/b24-14+,31-15+. The van der Waals surface area contributed by atoms with Gasteiger partial charge in [0.1, 0.15) is 0 Å². The molecule has 1 amide bonds. The molecule has 4 rings (SSSR count). The second-order valence-corrected chi connectivity index (χ2v) is 8.35. The van der Waals surface area contributed by atoms with Gasteiger partial charge in [0, 0.05) is 21.8 Å². The molecule has 0 saturated carbocycles. The minimum atomic E-state index is -4.48. The summed E-state index contributed by atoms with van der Waals surface area (Å²) in [5.41, 5.74) is 4.28. The molecule has 0 unspecified atom stereocenters. The van der Waals surface area contributed by atoms with Crippen molar-refractivity contribution < 1.29 is 18.0 Å². The summed E-state index contributed by atoms with van der Waals surface area (Å²) in [5, 5.41) is 8.29. The van der Waals surface area contributed by atoms with Gasteiger partial charge in [0.05, 0.1) is 23.7 Å². The molecule has 0 aliphatic carbocycles. The van der Waals surface area contributed by atoms with Crippen LogP contribution in [-0.2, 0) is 11.0 Å². The summed E-state index contributed by atoms with van der Waals surface area (Å²) in [4.78, 5) is 13.0. The number of rotatable bonds is 6. The third-order valence-corrected chi connectivity index (χ3v) is 5.48. The molecule has 176 valence electrons. The topological polar surface area (TPSA) is 59.3 Å². The molecule has 1 N–H and O–H groups in total. The SMILES string of the molecule is O=C(N/N=C/c1ccc(Br)cc1)/C(=C/c1cnn(-c2ccccc2)c1)c1ccc(C(F)(F)F)cc1. The number of amides is 1. The van der Waals surface area contributed by atoms with Crippen LogP contribution >= 0.6 is 15.9 Å². The van der Waals surface area contributed by atoms with Crippen molar-refractivity contribution in [1.82, 2.24) is 15.2 Å². The number of benzene rings is 3. The third-order valence-electron chi connectivity index (χ3n) is 4.95. The first kappa shape index (κ1) is 24.2. The maximum absolute atomic E-state index is 13.0. The van der Waals surface area contributed by atoms with Crippen LogP contribution in [0.1, 0.15) is 22.3 Å². The third kappa shape index (κ3) is 6.33. The highest BCUT2D eigenvalue weighted by atomic mass is 79.9. The molecule has 0 aliphatic rings. The van der Waals surface area contributed by atoms with Gasteiger partial charge < -0.3 is 0 Å². The van der Waals surface area contributed by atoms with Gasteiger partial charge in [-0.05, 0) is 53.6 Å². The molecule has 35 heavy (non-hydrogen) atoms. The summed E-state index contributed by atoms with van der Waals surface area (Å²) < 4.78 is 41.6. The molecular formula is C26H18BrF3N4O. The van der Waals surface area contributed by atoms with E-state index in [4.69, 9.17) is 0 Å². The Labute approximate surface area is 207 Å². The zero-order chi connectivity index (χ0) is 24.8. The number of carbonyl (C=O) groups excluding carboxylic acids is 1. The fourth-order valence-corrected chi connectivity index (χ4v) is 3.46. The van der Waals surface area contributed by atoms with Crippen LogP contribution in [-0.4, -0.2) is 21.9 Å². The van der Waals surface area contributed by atoms with Crippen molar-refractivity contribution in [2.45, 2.75) is 6.18 Å². The molecule has 1 heterocycles. The van der Waals surface area contributed by atoms with Crippen LogP contribution in [0, 0.1) is 0 Å². The average molecular weight is 539 g/mol. The lowest BCUT2D eigenvalue weighted by Gasteiger charge is -2.10. The van der Waals surface area contributed by atoms with Crippen molar-refractivity contribution in [3.05, 3.63) is 118 Å². The van der Waals surface area contributed by atoms with Gasteiger partial charge in [-0.2, -0.15) is 23.4 Å². The molecule has 0 bridgehead atoms. The predicted octanol–water partition coefficient (Wildman–Crippen LogP) is 6.34. The van der Waals surface area contributed by atoms with E-state index in [-0.39, 0.29) is 5.57 Å². The molecule has 3 aromatic carbocycles. The second-order valence-electron chi connectivity index (χ2n) is 7.44. The van der Waals surface area contributed by atoms with E-state index in [9.17, 15) is 18.0 Å². The highest BCUT2D eigenvalue weighted by molar-refractivity contribution is 9.10. The summed E-state index contributed by atoms with van der Waals surface area (Å²) in [6, 6.07) is 21.1. The van der Waals surface area contributed by atoms with Crippen molar-refractivity contribution >= 4 is 39.7 Å². The van der Waals surface area contributed by atoms with Gasteiger partial charge in [0.25, 0.3) is 5.91 Å². The van der Waals surface area contributed by atoms with Gasteiger partial charge in [0.2, 0.25) is 0 Å². The number of hydrogen-bond donors (Lipinski definition) is 1. The number of aromatic nitrogens is 2. The predicted molar refractivity (Wildman–Crippen MR) is 133 cm³/mol. The van der Waals surface area contributed by atoms with Gasteiger partial charge in [-0.1, -0.05) is 58.4 Å². The van der Waals surface area contributed by atoms with Gasteiger partial charge >= 0.3 is 6.18 Å². The Balaban J connectivity index is 1.63. The van der Waals surface area contributed by atoms with Gasteiger partial charge in [-0.25, -0.2) is 10.1 Å². The number of hydrazone groups is 1.